The minimum atomic E-state index is -0.564. The first kappa shape index (κ1) is 16.1. The monoisotopic (exact) mass is 310 g/mol. The van der Waals surface area contributed by atoms with Crippen LogP contribution < -0.4 is 5.32 Å². The van der Waals surface area contributed by atoms with Crippen LogP contribution in [0.2, 0.25) is 0 Å². The lowest BCUT2D eigenvalue weighted by molar-refractivity contribution is 0.0224. The molecule has 0 saturated heterocycles. The van der Waals surface area contributed by atoms with Crippen molar-refractivity contribution < 1.29 is 19.1 Å². The summed E-state index contributed by atoms with van der Waals surface area (Å²) in [6.45, 7) is 8.36. The third-order valence-electron chi connectivity index (χ3n) is 3.08. The van der Waals surface area contributed by atoms with E-state index in [0.29, 0.717) is 25.3 Å². The third-order valence-corrected chi connectivity index (χ3v) is 3.08. The van der Waals surface area contributed by atoms with E-state index >= 15 is 0 Å². The standard InChI is InChI=1S/C14H22N4O4/c1-5-21-12(19)15-11-9-8-18(7-6-10(9)16-17-11)13(20)22-14(2,3)4/h5-8H2,1-4H3,(H2,15,16,17,19). The third kappa shape index (κ3) is 3.90. The van der Waals surface area contributed by atoms with Crippen molar-refractivity contribution in [3.05, 3.63) is 11.3 Å². The number of H-pyrrole nitrogens is 1. The van der Waals surface area contributed by atoms with Gasteiger partial charge in [0.15, 0.2) is 5.82 Å². The lowest BCUT2D eigenvalue weighted by Crippen LogP contribution is -2.40. The average Bonchev–Trinajstić information content (AvgIpc) is 2.79. The van der Waals surface area contributed by atoms with Gasteiger partial charge in [0.1, 0.15) is 5.60 Å². The van der Waals surface area contributed by atoms with Gasteiger partial charge in [0.2, 0.25) is 0 Å². The Morgan fingerprint density at radius 3 is 2.77 bits per heavy atom. The molecule has 0 aliphatic carbocycles. The Kier molecular flexibility index (Phi) is 4.58. The molecule has 8 heteroatoms. The summed E-state index contributed by atoms with van der Waals surface area (Å²) in [4.78, 5) is 25.2. The Balaban J connectivity index is 2.07. The topological polar surface area (TPSA) is 96.5 Å². The molecule has 0 unspecified atom stereocenters. The number of anilines is 1. The summed E-state index contributed by atoms with van der Waals surface area (Å²) < 4.78 is 10.2. The average molecular weight is 310 g/mol. The fraction of sp³-hybridized carbons (Fsp3) is 0.643. The van der Waals surface area contributed by atoms with Crippen LogP contribution in [0.25, 0.3) is 0 Å². The van der Waals surface area contributed by atoms with Gasteiger partial charge in [-0.1, -0.05) is 0 Å². The van der Waals surface area contributed by atoms with E-state index in [4.69, 9.17) is 9.47 Å². The number of aromatic amines is 1. The Labute approximate surface area is 129 Å². The van der Waals surface area contributed by atoms with Crippen LogP contribution in [0, 0.1) is 0 Å². The largest absolute Gasteiger partial charge is 0.450 e. The van der Waals surface area contributed by atoms with Crippen LogP contribution in [0.5, 0.6) is 0 Å². The molecule has 0 bridgehead atoms. The Morgan fingerprint density at radius 1 is 1.41 bits per heavy atom. The van der Waals surface area contributed by atoms with Gasteiger partial charge in [-0.3, -0.25) is 10.4 Å². The number of hydrogen-bond donors (Lipinski definition) is 2. The first-order valence-electron chi connectivity index (χ1n) is 7.28. The number of nitrogens with zero attached hydrogens (tertiary/aromatic N) is 2. The van der Waals surface area contributed by atoms with Gasteiger partial charge in [0, 0.05) is 24.2 Å². The van der Waals surface area contributed by atoms with Gasteiger partial charge < -0.3 is 14.4 Å². The number of carbonyl (C=O) groups excluding carboxylic acids is 2. The highest BCUT2D eigenvalue weighted by Crippen LogP contribution is 2.25. The maximum absolute atomic E-state index is 12.1. The molecule has 122 valence electrons. The number of amides is 2. The molecule has 0 aromatic carbocycles. The fourth-order valence-corrected chi connectivity index (χ4v) is 2.14. The number of rotatable bonds is 2. The van der Waals surface area contributed by atoms with Crippen molar-refractivity contribution in [1.82, 2.24) is 15.1 Å². The second-order valence-electron chi connectivity index (χ2n) is 6.03. The second kappa shape index (κ2) is 6.25. The van der Waals surface area contributed by atoms with Crippen LogP contribution in [0.4, 0.5) is 15.4 Å². The van der Waals surface area contributed by atoms with Crippen LogP contribution in [-0.4, -0.2) is 46.0 Å². The molecular formula is C14H22N4O4. The highest BCUT2D eigenvalue weighted by atomic mass is 16.6. The quantitative estimate of drug-likeness (QED) is 0.873. The van der Waals surface area contributed by atoms with Crippen LogP contribution in [-0.2, 0) is 22.4 Å². The lowest BCUT2D eigenvalue weighted by Gasteiger charge is -2.30. The van der Waals surface area contributed by atoms with E-state index in [0.717, 1.165) is 11.3 Å². The zero-order valence-electron chi connectivity index (χ0n) is 13.4. The molecule has 2 rings (SSSR count). The summed E-state index contributed by atoms with van der Waals surface area (Å²) in [5.74, 6) is 0.390. The van der Waals surface area contributed by atoms with Crippen molar-refractivity contribution in [1.29, 1.82) is 0 Å². The molecule has 2 amide bonds. The number of carbonyl (C=O) groups is 2. The molecular weight excluding hydrogens is 288 g/mol. The number of fused-ring (bicyclic) bond motifs is 1. The van der Waals surface area contributed by atoms with E-state index in [1.807, 2.05) is 20.8 Å². The molecule has 1 aromatic heterocycles. The summed E-state index contributed by atoms with van der Waals surface area (Å²) in [6.07, 6.45) is -0.306. The van der Waals surface area contributed by atoms with Gasteiger partial charge in [0.05, 0.1) is 13.2 Å². The van der Waals surface area contributed by atoms with Crippen LogP contribution in [0.1, 0.15) is 39.0 Å². The van der Waals surface area contributed by atoms with Gasteiger partial charge in [-0.05, 0) is 27.7 Å². The Hall–Kier alpha value is -2.25. The summed E-state index contributed by atoms with van der Waals surface area (Å²) in [5, 5.41) is 9.53. The van der Waals surface area contributed by atoms with Crippen molar-refractivity contribution >= 4 is 18.0 Å². The van der Waals surface area contributed by atoms with Gasteiger partial charge in [-0.15, -0.1) is 0 Å². The van der Waals surface area contributed by atoms with Gasteiger partial charge in [-0.25, -0.2) is 9.59 Å². The summed E-state index contributed by atoms with van der Waals surface area (Å²) in [5.41, 5.74) is 1.15. The SMILES string of the molecule is CCOC(=O)Nc1n[nH]c2c1CN(C(=O)OC(C)(C)C)CC2. The first-order valence-corrected chi connectivity index (χ1v) is 7.28. The van der Waals surface area contributed by atoms with Crippen molar-refractivity contribution in [2.75, 3.05) is 18.5 Å². The number of ether oxygens (including phenoxy) is 2. The van der Waals surface area contributed by atoms with Crippen LogP contribution >= 0.6 is 0 Å². The van der Waals surface area contributed by atoms with Crippen molar-refractivity contribution in [2.24, 2.45) is 0 Å². The maximum atomic E-state index is 12.1. The van der Waals surface area contributed by atoms with E-state index in [1.54, 1.807) is 11.8 Å². The minimum Gasteiger partial charge on any atom is -0.450 e. The van der Waals surface area contributed by atoms with E-state index in [9.17, 15) is 9.59 Å². The molecule has 0 fully saturated rings. The van der Waals surface area contributed by atoms with Gasteiger partial charge in [0.25, 0.3) is 0 Å². The molecule has 1 aliphatic heterocycles. The fourth-order valence-electron chi connectivity index (χ4n) is 2.14. The van der Waals surface area contributed by atoms with Gasteiger partial charge >= 0.3 is 12.2 Å². The molecule has 0 atom stereocenters. The van der Waals surface area contributed by atoms with E-state index in [1.165, 1.54) is 0 Å². The molecule has 1 aliphatic rings. The zero-order valence-corrected chi connectivity index (χ0v) is 13.4. The first-order chi connectivity index (χ1) is 10.3. The number of nitrogens with one attached hydrogen (secondary N) is 2. The summed E-state index contributed by atoms with van der Waals surface area (Å²) in [7, 11) is 0. The van der Waals surface area contributed by atoms with E-state index in [-0.39, 0.29) is 12.7 Å². The van der Waals surface area contributed by atoms with Crippen molar-refractivity contribution in [3.8, 4) is 0 Å². The smallest absolute Gasteiger partial charge is 0.412 e. The predicted molar refractivity (Wildman–Crippen MR) is 79.6 cm³/mol. The molecule has 8 nitrogen and oxygen atoms in total. The molecule has 0 radical (unpaired) electrons. The van der Waals surface area contributed by atoms with Gasteiger partial charge in [-0.2, -0.15) is 5.10 Å². The molecule has 2 heterocycles. The number of hydrogen-bond acceptors (Lipinski definition) is 5. The molecule has 2 N–H and O–H groups in total. The van der Waals surface area contributed by atoms with Crippen LogP contribution in [0.3, 0.4) is 0 Å². The van der Waals surface area contributed by atoms with E-state index < -0.39 is 11.7 Å². The van der Waals surface area contributed by atoms with Crippen molar-refractivity contribution in [2.45, 2.75) is 46.3 Å². The lowest BCUT2D eigenvalue weighted by atomic mass is 10.1. The predicted octanol–water partition coefficient (Wildman–Crippen LogP) is 2.27. The highest BCUT2D eigenvalue weighted by Gasteiger charge is 2.29. The number of aromatic nitrogens is 2. The van der Waals surface area contributed by atoms with Crippen molar-refractivity contribution in [3.63, 3.8) is 0 Å². The van der Waals surface area contributed by atoms with Crippen LogP contribution in [0.15, 0.2) is 0 Å². The molecule has 0 saturated carbocycles. The highest BCUT2D eigenvalue weighted by molar-refractivity contribution is 5.84. The second-order valence-corrected chi connectivity index (χ2v) is 6.03. The molecule has 22 heavy (non-hydrogen) atoms. The van der Waals surface area contributed by atoms with E-state index in [2.05, 4.69) is 15.5 Å². The summed E-state index contributed by atoms with van der Waals surface area (Å²) >= 11 is 0. The molecule has 0 spiro atoms. The Morgan fingerprint density at radius 2 is 2.14 bits per heavy atom. The minimum absolute atomic E-state index is 0.280. The normalized spacial score (nSPS) is 14.3. The summed E-state index contributed by atoms with van der Waals surface area (Å²) in [6, 6.07) is 0. The maximum Gasteiger partial charge on any atom is 0.412 e. The zero-order chi connectivity index (χ0) is 16.3. The Bertz CT molecular complexity index is 562. The molecule has 1 aromatic rings.